The summed E-state index contributed by atoms with van der Waals surface area (Å²) in [6, 6.07) is 9.48. The van der Waals surface area contributed by atoms with Crippen LogP contribution in [0.5, 0.6) is 0 Å². The maximum atomic E-state index is 13.1. The molecule has 3 rings (SSSR count). The van der Waals surface area contributed by atoms with E-state index in [0.717, 1.165) is 0 Å². The van der Waals surface area contributed by atoms with E-state index in [2.05, 4.69) is 0 Å². The number of hydrogen-bond acceptors (Lipinski definition) is 7. The molecule has 1 aliphatic rings. The molecular weight excluding hydrogens is 448 g/mol. The van der Waals surface area contributed by atoms with Gasteiger partial charge in [-0.3, -0.25) is 10.1 Å². The Morgan fingerprint density at radius 1 is 1.19 bits per heavy atom. The number of benzene rings is 2. The van der Waals surface area contributed by atoms with Crippen LogP contribution in [0.2, 0.25) is 5.02 Å². The maximum absolute atomic E-state index is 13.1. The highest BCUT2D eigenvalue weighted by molar-refractivity contribution is 7.89. The van der Waals surface area contributed by atoms with Crippen LogP contribution in [0, 0.1) is 10.1 Å². The first-order valence-electron chi connectivity index (χ1n) is 9.43. The third-order valence-electron chi connectivity index (χ3n) is 4.69. The van der Waals surface area contributed by atoms with E-state index < -0.39 is 20.9 Å². The van der Waals surface area contributed by atoms with Crippen LogP contribution in [-0.4, -0.2) is 48.9 Å². The minimum absolute atomic E-state index is 0.00119. The summed E-state index contributed by atoms with van der Waals surface area (Å²) in [5, 5.41) is 10.7. The lowest BCUT2D eigenvalue weighted by atomic mass is 10.2. The van der Waals surface area contributed by atoms with E-state index in [-0.39, 0.29) is 53.1 Å². The average Bonchev–Trinajstić information content (AvgIpc) is 2.71. The van der Waals surface area contributed by atoms with Gasteiger partial charge in [-0.15, -0.1) is 0 Å². The van der Waals surface area contributed by atoms with Crippen LogP contribution < -0.4 is 0 Å². The highest BCUT2D eigenvalue weighted by Gasteiger charge is 2.34. The predicted octanol–water partition coefficient (Wildman–Crippen LogP) is 3.40. The Labute approximate surface area is 184 Å². The number of nitro benzene ring substituents is 1. The third kappa shape index (κ3) is 5.40. The van der Waals surface area contributed by atoms with Gasteiger partial charge in [-0.25, -0.2) is 13.2 Å². The van der Waals surface area contributed by atoms with Crippen LogP contribution in [-0.2, 0) is 26.1 Å². The Bertz CT molecular complexity index is 1080. The van der Waals surface area contributed by atoms with Crippen molar-refractivity contribution in [1.82, 2.24) is 4.31 Å². The summed E-state index contributed by atoms with van der Waals surface area (Å²) in [4.78, 5) is 22.5. The average molecular weight is 469 g/mol. The van der Waals surface area contributed by atoms with Crippen LogP contribution in [0.25, 0.3) is 0 Å². The molecule has 31 heavy (non-hydrogen) atoms. The maximum Gasteiger partial charge on any atom is 0.338 e. The summed E-state index contributed by atoms with van der Waals surface area (Å²) in [7, 11) is -3.94. The molecule has 1 aliphatic heterocycles. The van der Waals surface area contributed by atoms with Crippen LogP contribution >= 0.6 is 11.6 Å². The number of halogens is 1. The number of rotatable bonds is 6. The van der Waals surface area contributed by atoms with Gasteiger partial charge in [-0.05, 0) is 49.7 Å². The van der Waals surface area contributed by atoms with E-state index in [0.29, 0.717) is 5.56 Å². The number of nitro groups is 1. The van der Waals surface area contributed by atoms with Crippen LogP contribution in [0.3, 0.4) is 0 Å². The van der Waals surface area contributed by atoms with E-state index in [1.165, 1.54) is 46.8 Å². The lowest BCUT2D eigenvalue weighted by Gasteiger charge is -2.34. The summed E-state index contributed by atoms with van der Waals surface area (Å²) in [5.74, 6) is -0.741. The van der Waals surface area contributed by atoms with Crippen LogP contribution in [0.15, 0.2) is 47.4 Å². The van der Waals surface area contributed by atoms with Gasteiger partial charge in [0.05, 0.1) is 27.7 Å². The van der Waals surface area contributed by atoms with Gasteiger partial charge in [0.1, 0.15) is 11.5 Å². The number of ether oxygens (including phenoxy) is 2. The fourth-order valence-electron chi connectivity index (χ4n) is 3.24. The van der Waals surface area contributed by atoms with Gasteiger partial charge < -0.3 is 9.47 Å². The van der Waals surface area contributed by atoms with Gasteiger partial charge in [0.15, 0.2) is 0 Å². The normalized spacial score (nSPS) is 19.7. The number of nitrogens with zero attached hydrogens (tertiary/aromatic N) is 2. The Hall–Kier alpha value is -2.53. The molecule has 0 unspecified atom stereocenters. The number of morpholine rings is 1. The fourth-order valence-corrected chi connectivity index (χ4v) is 5.33. The summed E-state index contributed by atoms with van der Waals surface area (Å²) < 4.78 is 38.3. The molecule has 0 aromatic heterocycles. The zero-order valence-electron chi connectivity index (χ0n) is 16.9. The molecule has 9 nitrogen and oxygen atoms in total. The number of hydrogen-bond donors (Lipinski definition) is 0. The first-order chi connectivity index (χ1) is 14.6. The van der Waals surface area contributed by atoms with E-state index >= 15 is 0 Å². The van der Waals surface area contributed by atoms with Crippen molar-refractivity contribution in [2.45, 2.75) is 37.6 Å². The van der Waals surface area contributed by atoms with E-state index in [9.17, 15) is 23.3 Å². The van der Waals surface area contributed by atoms with Crippen molar-refractivity contribution in [2.75, 3.05) is 13.1 Å². The number of esters is 1. The largest absolute Gasteiger partial charge is 0.457 e. The minimum Gasteiger partial charge on any atom is -0.457 e. The van der Waals surface area contributed by atoms with E-state index in [1.807, 2.05) is 0 Å². The molecule has 0 aliphatic carbocycles. The number of carbonyl (C=O) groups is 1. The second-order valence-electron chi connectivity index (χ2n) is 7.22. The molecule has 2 aromatic rings. The second-order valence-corrected chi connectivity index (χ2v) is 9.54. The molecule has 0 N–H and O–H groups in total. The van der Waals surface area contributed by atoms with Crippen molar-refractivity contribution in [1.29, 1.82) is 0 Å². The summed E-state index contributed by atoms with van der Waals surface area (Å²) in [6.07, 6.45) is -0.542. The Morgan fingerprint density at radius 3 is 2.39 bits per heavy atom. The smallest absolute Gasteiger partial charge is 0.338 e. The molecule has 0 bridgehead atoms. The van der Waals surface area contributed by atoms with Crippen molar-refractivity contribution < 1.29 is 27.6 Å². The van der Waals surface area contributed by atoms with Crippen molar-refractivity contribution >= 4 is 33.3 Å². The van der Waals surface area contributed by atoms with Crippen LogP contribution in [0.4, 0.5) is 5.69 Å². The molecule has 0 amide bonds. The number of carbonyl (C=O) groups excluding carboxylic acids is 1. The minimum atomic E-state index is -3.94. The standard InChI is InChI=1S/C20H21ClN2O7S/c1-13-10-22(11-14(2)30-13)31(27,28)19-9-16(5-8-18(19)21)20(24)29-12-15-3-6-17(7-4-15)23(25)26/h3-9,13-14H,10-12H2,1-2H3/t13-,14-/m0/s1. The van der Waals surface area contributed by atoms with Crippen molar-refractivity contribution in [3.63, 3.8) is 0 Å². The highest BCUT2D eigenvalue weighted by Crippen LogP contribution is 2.28. The first-order valence-corrected chi connectivity index (χ1v) is 11.3. The van der Waals surface area contributed by atoms with Crippen molar-refractivity contribution in [3.8, 4) is 0 Å². The van der Waals surface area contributed by atoms with Crippen molar-refractivity contribution in [3.05, 3.63) is 68.7 Å². The zero-order valence-corrected chi connectivity index (χ0v) is 18.4. The molecule has 0 saturated carbocycles. The number of sulfonamides is 1. The molecule has 2 atom stereocenters. The summed E-state index contributed by atoms with van der Waals surface area (Å²) in [5.41, 5.74) is 0.505. The van der Waals surface area contributed by atoms with Crippen LogP contribution in [0.1, 0.15) is 29.8 Å². The van der Waals surface area contributed by atoms with Gasteiger partial charge >= 0.3 is 5.97 Å². The highest BCUT2D eigenvalue weighted by atomic mass is 35.5. The molecule has 0 radical (unpaired) electrons. The van der Waals surface area contributed by atoms with E-state index in [1.54, 1.807) is 13.8 Å². The van der Waals surface area contributed by atoms with Gasteiger partial charge in [0.25, 0.3) is 5.69 Å². The zero-order chi connectivity index (χ0) is 22.8. The monoisotopic (exact) mass is 468 g/mol. The molecular formula is C20H21ClN2O7S. The van der Waals surface area contributed by atoms with Gasteiger partial charge in [0, 0.05) is 25.2 Å². The molecule has 1 heterocycles. The van der Waals surface area contributed by atoms with Gasteiger partial charge in [0.2, 0.25) is 10.0 Å². The second kappa shape index (κ2) is 9.31. The summed E-state index contributed by atoms with van der Waals surface area (Å²) >= 11 is 6.15. The lowest BCUT2D eigenvalue weighted by molar-refractivity contribution is -0.384. The van der Waals surface area contributed by atoms with Gasteiger partial charge in [-0.1, -0.05) is 11.6 Å². The lowest BCUT2D eigenvalue weighted by Crippen LogP contribution is -2.48. The molecule has 1 saturated heterocycles. The van der Waals surface area contributed by atoms with Crippen molar-refractivity contribution in [2.24, 2.45) is 0 Å². The predicted molar refractivity (Wildman–Crippen MR) is 112 cm³/mol. The Morgan fingerprint density at radius 2 is 1.81 bits per heavy atom. The molecule has 0 spiro atoms. The fraction of sp³-hybridized carbons (Fsp3) is 0.350. The van der Waals surface area contributed by atoms with E-state index in [4.69, 9.17) is 21.1 Å². The SMILES string of the molecule is C[C@H]1CN(S(=O)(=O)c2cc(C(=O)OCc3ccc([N+](=O)[O-])cc3)ccc2Cl)C[C@H](C)O1. The molecule has 2 aromatic carbocycles. The third-order valence-corrected chi connectivity index (χ3v) is 7.00. The Balaban J connectivity index is 1.76. The molecule has 11 heteroatoms. The summed E-state index contributed by atoms with van der Waals surface area (Å²) in [6.45, 7) is 3.80. The number of non-ortho nitro benzene ring substituents is 1. The Kier molecular flexibility index (Phi) is 6.95. The quantitative estimate of drug-likeness (QED) is 0.362. The first kappa shape index (κ1) is 23.1. The molecule has 1 fully saturated rings. The van der Waals surface area contributed by atoms with Gasteiger partial charge in [-0.2, -0.15) is 4.31 Å². The molecule has 166 valence electrons. The topological polar surface area (TPSA) is 116 Å².